The number of aryl methyl sites for hydroxylation is 1. The highest BCUT2D eigenvalue weighted by Crippen LogP contribution is 2.20. The molecule has 1 aromatic carbocycles. The van der Waals surface area contributed by atoms with Crippen molar-refractivity contribution >= 4 is 22.8 Å². The third kappa shape index (κ3) is 3.07. The van der Waals surface area contributed by atoms with E-state index in [-0.39, 0.29) is 5.78 Å². The first kappa shape index (κ1) is 14.7. The van der Waals surface area contributed by atoms with E-state index in [1.54, 1.807) is 18.3 Å². The van der Waals surface area contributed by atoms with Gasteiger partial charge in [-0.05, 0) is 31.9 Å². The number of hydrogen-bond acceptors (Lipinski definition) is 3. The largest absolute Gasteiger partial charge is 0.324 e. The fourth-order valence-corrected chi connectivity index (χ4v) is 3.22. The van der Waals surface area contributed by atoms with Gasteiger partial charge in [-0.2, -0.15) is 0 Å². The Morgan fingerprint density at radius 1 is 1.35 bits per heavy atom. The normalized spacial score (nSPS) is 11.9. The summed E-state index contributed by atoms with van der Waals surface area (Å²) in [6.45, 7) is 5.89. The van der Waals surface area contributed by atoms with Crippen LogP contribution in [0.2, 0.25) is 0 Å². The molecule has 2 rings (SSSR count). The van der Waals surface area contributed by atoms with E-state index in [0.29, 0.717) is 6.42 Å². The summed E-state index contributed by atoms with van der Waals surface area (Å²) >= 11 is 1.72. The zero-order valence-corrected chi connectivity index (χ0v) is 13.3. The summed E-state index contributed by atoms with van der Waals surface area (Å²) in [6, 6.07) is 7.86. The molecule has 0 amide bonds. The van der Waals surface area contributed by atoms with E-state index in [4.69, 9.17) is 4.99 Å². The van der Waals surface area contributed by atoms with Crippen LogP contribution in [0.4, 0.5) is 5.69 Å². The van der Waals surface area contributed by atoms with Crippen molar-refractivity contribution in [1.82, 2.24) is 4.57 Å². The number of carbonyl (C=O) groups is 1. The van der Waals surface area contributed by atoms with Gasteiger partial charge in [-0.15, -0.1) is 11.3 Å². The summed E-state index contributed by atoms with van der Waals surface area (Å²) in [5.74, 6) is 0.161. The maximum Gasteiger partial charge on any atom is 0.190 e. The summed E-state index contributed by atoms with van der Waals surface area (Å²) in [5.41, 5.74) is 3.15. The van der Waals surface area contributed by atoms with E-state index in [2.05, 4.69) is 18.4 Å². The van der Waals surface area contributed by atoms with Crippen molar-refractivity contribution in [2.75, 3.05) is 0 Å². The first-order chi connectivity index (χ1) is 9.52. The number of ketones is 1. The highest BCUT2D eigenvalue weighted by Gasteiger charge is 2.07. The summed E-state index contributed by atoms with van der Waals surface area (Å²) in [7, 11) is 2.04. The minimum atomic E-state index is 0.161. The Hall–Kier alpha value is -1.68. The minimum absolute atomic E-state index is 0.161. The molecule has 0 aliphatic carbocycles. The zero-order valence-electron chi connectivity index (χ0n) is 12.4. The molecule has 2 aromatic rings. The van der Waals surface area contributed by atoms with Crippen LogP contribution in [0.15, 0.2) is 29.3 Å². The van der Waals surface area contributed by atoms with E-state index < -0.39 is 0 Å². The van der Waals surface area contributed by atoms with Gasteiger partial charge in [-0.1, -0.05) is 25.1 Å². The molecule has 0 N–H and O–H groups in total. The molecule has 0 radical (unpaired) electrons. The third-order valence-corrected chi connectivity index (χ3v) is 4.75. The SMILES string of the molecule is CCc1sc(=Nc2ccccc2CC(C)=O)n(C)c1C. The molecule has 0 unspecified atom stereocenters. The smallest absolute Gasteiger partial charge is 0.190 e. The van der Waals surface area contributed by atoms with E-state index in [1.165, 1.54) is 10.6 Å². The van der Waals surface area contributed by atoms with Gasteiger partial charge < -0.3 is 4.57 Å². The maximum atomic E-state index is 11.3. The van der Waals surface area contributed by atoms with Crippen LogP contribution in [0, 0.1) is 6.92 Å². The Morgan fingerprint density at radius 2 is 2.05 bits per heavy atom. The Kier molecular flexibility index (Phi) is 4.55. The Morgan fingerprint density at radius 3 is 2.65 bits per heavy atom. The van der Waals surface area contributed by atoms with Crippen LogP contribution in [-0.2, 0) is 24.7 Å². The van der Waals surface area contributed by atoms with Crippen molar-refractivity contribution in [3.8, 4) is 0 Å². The van der Waals surface area contributed by atoms with Gasteiger partial charge in [0.05, 0.1) is 5.69 Å². The lowest BCUT2D eigenvalue weighted by Crippen LogP contribution is -2.11. The molecular weight excluding hydrogens is 268 g/mol. The molecule has 0 spiro atoms. The maximum absolute atomic E-state index is 11.3. The zero-order chi connectivity index (χ0) is 14.7. The number of carbonyl (C=O) groups excluding carboxylic acids is 1. The van der Waals surface area contributed by atoms with Crippen molar-refractivity contribution < 1.29 is 4.79 Å². The Labute approximate surface area is 123 Å². The number of hydrogen-bond donors (Lipinski definition) is 0. The standard InChI is InChI=1S/C16H20N2OS/c1-5-15-12(3)18(4)16(20-15)17-14-9-7-6-8-13(14)10-11(2)19/h6-9H,5,10H2,1-4H3. The second-order valence-electron chi connectivity index (χ2n) is 4.93. The molecule has 106 valence electrons. The van der Waals surface area contributed by atoms with Gasteiger partial charge in [0.15, 0.2) is 4.80 Å². The highest BCUT2D eigenvalue weighted by atomic mass is 32.1. The molecule has 3 nitrogen and oxygen atoms in total. The fourth-order valence-electron chi connectivity index (χ4n) is 2.15. The van der Waals surface area contributed by atoms with Gasteiger partial charge in [-0.3, -0.25) is 4.79 Å². The number of benzene rings is 1. The quantitative estimate of drug-likeness (QED) is 0.850. The second kappa shape index (κ2) is 6.18. The van der Waals surface area contributed by atoms with Gasteiger partial charge in [-0.25, -0.2) is 4.99 Å². The molecule has 0 saturated heterocycles. The van der Waals surface area contributed by atoms with Crippen LogP contribution in [0.1, 0.15) is 30.0 Å². The first-order valence-corrected chi connectivity index (χ1v) is 7.62. The summed E-state index contributed by atoms with van der Waals surface area (Å²) in [6.07, 6.45) is 1.46. The Bertz CT molecular complexity index is 695. The van der Waals surface area contributed by atoms with Crippen LogP contribution in [-0.4, -0.2) is 10.4 Å². The monoisotopic (exact) mass is 288 g/mol. The lowest BCUT2D eigenvalue weighted by atomic mass is 10.1. The predicted molar refractivity (Wildman–Crippen MR) is 83.5 cm³/mol. The van der Waals surface area contributed by atoms with Crippen molar-refractivity contribution in [3.63, 3.8) is 0 Å². The molecule has 0 bridgehead atoms. The molecule has 0 atom stereocenters. The molecule has 1 heterocycles. The van der Waals surface area contributed by atoms with Gasteiger partial charge in [0.1, 0.15) is 5.78 Å². The number of rotatable bonds is 4. The van der Waals surface area contributed by atoms with E-state index in [9.17, 15) is 4.79 Å². The number of Topliss-reactive ketones (excluding diaryl/α,β-unsaturated/α-hetero) is 1. The third-order valence-electron chi connectivity index (χ3n) is 3.38. The molecule has 0 fully saturated rings. The fraction of sp³-hybridized carbons (Fsp3) is 0.375. The lowest BCUT2D eigenvalue weighted by molar-refractivity contribution is -0.116. The summed E-state index contributed by atoms with van der Waals surface area (Å²) in [4.78, 5) is 18.4. The van der Waals surface area contributed by atoms with Gasteiger partial charge in [0.25, 0.3) is 0 Å². The molecule has 1 aromatic heterocycles. The Balaban J connectivity index is 2.53. The first-order valence-electron chi connectivity index (χ1n) is 6.80. The van der Waals surface area contributed by atoms with Crippen LogP contribution in [0.3, 0.4) is 0 Å². The number of nitrogens with zero attached hydrogens (tertiary/aromatic N) is 2. The van der Waals surface area contributed by atoms with Crippen LogP contribution >= 0.6 is 11.3 Å². The van der Waals surface area contributed by atoms with Crippen molar-refractivity contribution in [2.45, 2.75) is 33.6 Å². The topological polar surface area (TPSA) is 34.4 Å². The number of aromatic nitrogens is 1. The average molecular weight is 288 g/mol. The van der Waals surface area contributed by atoms with Gasteiger partial charge in [0, 0.05) is 24.0 Å². The predicted octanol–water partition coefficient (Wildman–Crippen LogP) is 3.32. The van der Waals surface area contributed by atoms with Crippen molar-refractivity contribution in [1.29, 1.82) is 0 Å². The summed E-state index contributed by atoms with van der Waals surface area (Å²) < 4.78 is 2.12. The van der Waals surface area contributed by atoms with Crippen LogP contribution < -0.4 is 4.80 Å². The van der Waals surface area contributed by atoms with Gasteiger partial charge in [0.2, 0.25) is 0 Å². The molecule has 0 aliphatic rings. The minimum Gasteiger partial charge on any atom is -0.324 e. The average Bonchev–Trinajstić information content (AvgIpc) is 2.68. The molecule has 0 aliphatic heterocycles. The molecule has 20 heavy (non-hydrogen) atoms. The number of para-hydroxylation sites is 1. The molecular formula is C16H20N2OS. The van der Waals surface area contributed by atoms with Crippen LogP contribution in [0.5, 0.6) is 0 Å². The number of thiazole rings is 1. The van der Waals surface area contributed by atoms with E-state index in [0.717, 1.165) is 22.5 Å². The molecule has 0 saturated carbocycles. The van der Waals surface area contributed by atoms with Gasteiger partial charge >= 0.3 is 0 Å². The van der Waals surface area contributed by atoms with Crippen molar-refractivity contribution in [2.24, 2.45) is 12.0 Å². The summed E-state index contributed by atoms with van der Waals surface area (Å²) in [5, 5.41) is 0. The highest BCUT2D eigenvalue weighted by molar-refractivity contribution is 7.09. The van der Waals surface area contributed by atoms with E-state index >= 15 is 0 Å². The van der Waals surface area contributed by atoms with E-state index in [1.807, 2.05) is 31.3 Å². The molecule has 4 heteroatoms. The van der Waals surface area contributed by atoms with Crippen molar-refractivity contribution in [3.05, 3.63) is 45.2 Å². The second-order valence-corrected chi connectivity index (χ2v) is 5.99. The lowest BCUT2D eigenvalue weighted by Gasteiger charge is -2.02. The van der Waals surface area contributed by atoms with Crippen LogP contribution in [0.25, 0.3) is 0 Å².